The van der Waals surface area contributed by atoms with E-state index in [1.165, 1.54) is 0 Å². The maximum Gasteiger partial charge on any atom is 0.234 e. The van der Waals surface area contributed by atoms with E-state index in [1.807, 2.05) is 6.92 Å². The summed E-state index contributed by atoms with van der Waals surface area (Å²) in [5.41, 5.74) is 2.43. The molecule has 0 bridgehead atoms. The molecule has 0 aliphatic rings. The van der Waals surface area contributed by atoms with Crippen molar-refractivity contribution in [1.82, 2.24) is 0 Å². The number of benzene rings is 2. The molecule has 2 aromatic rings. The smallest absolute Gasteiger partial charge is 0.234 e. The van der Waals surface area contributed by atoms with Gasteiger partial charge in [-0.05, 0) is 56.2 Å². The fourth-order valence-electron chi connectivity index (χ4n) is 1.74. The van der Waals surface area contributed by atoms with Crippen LogP contribution in [0.2, 0.25) is 0 Å². The number of phenols is 1. The Balaban J connectivity index is 2.38. The first-order valence-electron chi connectivity index (χ1n) is 6.11. The molecule has 1 N–H and O–H groups in total. The lowest BCUT2D eigenvalue weighted by Crippen LogP contribution is -1.96. The van der Waals surface area contributed by atoms with Gasteiger partial charge < -0.3 is 5.11 Å². The van der Waals surface area contributed by atoms with Crippen molar-refractivity contribution >= 4 is 19.7 Å². The molecule has 20 heavy (non-hydrogen) atoms. The van der Waals surface area contributed by atoms with Gasteiger partial charge >= 0.3 is 0 Å². The second-order valence-corrected chi connectivity index (χ2v) is 8.56. The van der Waals surface area contributed by atoms with Crippen molar-refractivity contribution in [2.24, 2.45) is 0 Å². The number of rotatable bonds is 3. The molecule has 5 heteroatoms. The zero-order chi connectivity index (χ0) is 14.9. The van der Waals surface area contributed by atoms with Crippen LogP contribution in [0.3, 0.4) is 0 Å². The highest BCUT2D eigenvalue weighted by molar-refractivity contribution is 8.72. The van der Waals surface area contributed by atoms with Crippen molar-refractivity contribution in [3.8, 4) is 5.75 Å². The van der Waals surface area contributed by atoms with Crippen LogP contribution in [0.15, 0.2) is 46.2 Å². The molecule has 0 unspecified atom stereocenters. The standard InChI is InChI=1S/C15H16O3S2/c1-10-4-6-13(7-5-10)20(17,18)19-15-9-11(2)14(16)8-12(15)3/h4-9,16H,1-3H3. The van der Waals surface area contributed by atoms with Crippen molar-refractivity contribution in [3.05, 3.63) is 53.1 Å². The predicted octanol–water partition coefficient (Wildman–Crippen LogP) is 3.80. The van der Waals surface area contributed by atoms with Gasteiger partial charge in [0.15, 0.2) is 0 Å². The largest absolute Gasteiger partial charge is 0.508 e. The van der Waals surface area contributed by atoms with Gasteiger partial charge in [0.05, 0.1) is 4.90 Å². The average molecular weight is 308 g/mol. The summed E-state index contributed by atoms with van der Waals surface area (Å²) in [7, 11) is -2.63. The molecule has 0 aliphatic heterocycles. The van der Waals surface area contributed by atoms with Crippen molar-refractivity contribution in [2.75, 3.05) is 0 Å². The maximum atomic E-state index is 12.4. The van der Waals surface area contributed by atoms with Crippen LogP contribution in [-0.2, 0) is 8.87 Å². The van der Waals surface area contributed by atoms with Gasteiger partial charge in [-0.2, -0.15) is 0 Å². The lowest BCUT2D eigenvalue weighted by molar-refractivity contribution is 0.470. The van der Waals surface area contributed by atoms with Crippen LogP contribution in [0.1, 0.15) is 16.7 Å². The van der Waals surface area contributed by atoms with Gasteiger partial charge in [0, 0.05) is 15.7 Å². The lowest BCUT2D eigenvalue weighted by Gasteiger charge is -2.09. The monoisotopic (exact) mass is 308 g/mol. The average Bonchev–Trinajstić information content (AvgIpc) is 2.36. The minimum atomic E-state index is -3.45. The first-order chi connectivity index (χ1) is 9.29. The topological polar surface area (TPSA) is 54.4 Å². The second-order valence-electron chi connectivity index (χ2n) is 4.75. The Bertz CT molecular complexity index is 732. The summed E-state index contributed by atoms with van der Waals surface area (Å²) in [4.78, 5) is 0.930. The number of phenolic OH excluding ortho intramolecular Hbond substituents is 1. The molecule has 0 heterocycles. The molecule has 106 valence electrons. The molecule has 3 nitrogen and oxygen atoms in total. The molecule has 0 radical (unpaired) electrons. The molecule has 0 aliphatic carbocycles. The van der Waals surface area contributed by atoms with Gasteiger partial charge in [-0.3, -0.25) is 0 Å². The molecule has 0 fully saturated rings. The molecule has 0 spiro atoms. The van der Waals surface area contributed by atoms with E-state index in [0.717, 1.165) is 21.9 Å². The van der Waals surface area contributed by atoms with E-state index >= 15 is 0 Å². The molecule has 0 saturated carbocycles. The third kappa shape index (κ3) is 3.16. The summed E-state index contributed by atoms with van der Waals surface area (Å²) in [5.74, 6) is 0.180. The van der Waals surface area contributed by atoms with E-state index < -0.39 is 8.87 Å². The van der Waals surface area contributed by atoms with Crippen LogP contribution < -0.4 is 0 Å². The van der Waals surface area contributed by atoms with E-state index in [1.54, 1.807) is 50.2 Å². The Morgan fingerprint density at radius 1 is 0.950 bits per heavy atom. The van der Waals surface area contributed by atoms with E-state index in [-0.39, 0.29) is 5.75 Å². The quantitative estimate of drug-likeness (QED) is 0.876. The first-order valence-corrected chi connectivity index (χ1v) is 8.92. The highest BCUT2D eigenvalue weighted by Crippen LogP contribution is 2.35. The Kier molecular flexibility index (Phi) is 4.11. The SMILES string of the molecule is Cc1ccc(S(=O)(=O)Sc2cc(C)c(O)cc2C)cc1. The molecule has 2 aromatic carbocycles. The molecule has 0 saturated heterocycles. The summed E-state index contributed by atoms with van der Waals surface area (Å²) in [6.45, 7) is 5.44. The third-order valence-electron chi connectivity index (χ3n) is 3.00. The lowest BCUT2D eigenvalue weighted by atomic mass is 10.1. The van der Waals surface area contributed by atoms with E-state index in [2.05, 4.69) is 0 Å². The van der Waals surface area contributed by atoms with Crippen molar-refractivity contribution in [3.63, 3.8) is 0 Å². The first kappa shape index (κ1) is 14.9. The van der Waals surface area contributed by atoms with Gasteiger partial charge in [0.1, 0.15) is 5.75 Å². The van der Waals surface area contributed by atoms with Crippen LogP contribution in [0.5, 0.6) is 5.75 Å². The van der Waals surface area contributed by atoms with Crippen molar-refractivity contribution < 1.29 is 13.5 Å². The number of aromatic hydroxyl groups is 1. The van der Waals surface area contributed by atoms with E-state index in [0.29, 0.717) is 15.4 Å². The highest BCUT2D eigenvalue weighted by atomic mass is 33.1. The summed E-state index contributed by atoms with van der Waals surface area (Å²) in [6.07, 6.45) is 0. The normalized spacial score (nSPS) is 11.6. The second kappa shape index (κ2) is 5.50. The van der Waals surface area contributed by atoms with Gasteiger partial charge in [-0.1, -0.05) is 17.7 Å². The minimum absolute atomic E-state index is 0.180. The third-order valence-corrected chi connectivity index (χ3v) is 6.47. The Hall–Kier alpha value is -1.46. The number of hydrogen-bond acceptors (Lipinski definition) is 4. The Morgan fingerprint density at radius 2 is 1.55 bits per heavy atom. The highest BCUT2D eigenvalue weighted by Gasteiger charge is 2.18. The van der Waals surface area contributed by atoms with Gasteiger partial charge in [0.2, 0.25) is 8.87 Å². The fourth-order valence-corrected chi connectivity index (χ4v) is 4.82. The van der Waals surface area contributed by atoms with E-state index in [9.17, 15) is 13.5 Å². The number of hydrogen-bond donors (Lipinski definition) is 1. The van der Waals surface area contributed by atoms with Crippen LogP contribution >= 0.6 is 10.8 Å². The zero-order valence-corrected chi connectivity index (χ0v) is 13.2. The summed E-state index contributed by atoms with van der Waals surface area (Å²) in [6, 6.07) is 10.1. The Labute approximate surface area is 123 Å². The molecular weight excluding hydrogens is 292 g/mol. The van der Waals surface area contributed by atoms with E-state index in [4.69, 9.17) is 0 Å². The number of aryl methyl sites for hydroxylation is 3. The fraction of sp³-hybridized carbons (Fsp3) is 0.200. The van der Waals surface area contributed by atoms with Crippen LogP contribution in [0.4, 0.5) is 0 Å². The van der Waals surface area contributed by atoms with Crippen molar-refractivity contribution in [1.29, 1.82) is 0 Å². The minimum Gasteiger partial charge on any atom is -0.508 e. The van der Waals surface area contributed by atoms with Crippen molar-refractivity contribution in [2.45, 2.75) is 30.6 Å². The molecule has 2 rings (SSSR count). The maximum absolute atomic E-state index is 12.4. The summed E-state index contributed by atoms with van der Waals surface area (Å²) >= 11 is 0. The predicted molar refractivity (Wildman–Crippen MR) is 81.8 cm³/mol. The Morgan fingerprint density at radius 3 is 2.15 bits per heavy atom. The summed E-state index contributed by atoms with van der Waals surface area (Å²) < 4.78 is 24.7. The molecule has 0 aromatic heterocycles. The van der Waals surface area contributed by atoms with Crippen LogP contribution in [0.25, 0.3) is 0 Å². The van der Waals surface area contributed by atoms with Gasteiger partial charge in [-0.25, -0.2) is 8.42 Å². The van der Waals surface area contributed by atoms with Crippen LogP contribution in [-0.4, -0.2) is 13.5 Å². The van der Waals surface area contributed by atoms with Crippen LogP contribution in [0, 0.1) is 20.8 Å². The molecular formula is C15H16O3S2. The molecule has 0 atom stereocenters. The molecule has 0 amide bonds. The summed E-state index contributed by atoms with van der Waals surface area (Å²) in [5, 5.41) is 9.61. The zero-order valence-electron chi connectivity index (χ0n) is 11.5. The van der Waals surface area contributed by atoms with Gasteiger partial charge in [-0.15, -0.1) is 0 Å². The van der Waals surface area contributed by atoms with Gasteiger partial charge in [0.25, 0.3) is 0 Å².